The molecule has 0 atom stereocenters. The summed E-state index contributed by atoms with van der Waals surface area (Å²) in [4.78, 5) is 19.7. The maximum atomic E-state index is 11.0. The largest absolute Gasteiger partial charge is 0.368 e. The van der Waals surface area contributed by atoms with Crippen molar-refractivity contribution in [3.8, 4) is 11.4 Å². The molecule has 2 heterocycles. The summed E-state index contributed by atoms with van der Waals surface area (Å²) in [5.74, 6) is 0.756. The molecule has 3 aromatic rings. The Morgan fingerprint density at radius 2 is 1.69 bits per heavy atom. The Kier molecular flexibility index (Phi) is 4.49. The second kappa shape index (κ2) is 7.09. The summed E-state index contributed by atoms with van der Waals surface area (Å²) in [7, 11) is 0. The summed E-state index contributed by atoms with van der Waals surface area (Å²) in [5.41, 5.74) is 2.04. The van der Waals surface area contributed by atoms with Gasteiger partial charge in [-0.2, -0.15) is 9.36 Å². The van der Waals surface area contributed by atoms with E-state index in [1.54, 1.807) is 12.1 Å². The van der Waals surface area contributed by atoms with Crippen LogP contribution in [0.25, 0.3) is 11.4 Å². The van der Waals surface area contributed by atoms with Crippen molar-refractivity contribution in [3.05, 3.63) is 64.7 Å². The van der Waals surface area contributed by atoms with Gasteiger partial charge < -0.3 is 9.80 Å². The number of nitro groups is 1. The van der Waals surface area contributed by atoms with Crippen molar-refractivity contribution in [2.45, 2.75) is 0 Å². The zero-order valence-electron chi connectivity index (χ0n) is 14.0. The molecular weight excluding hydrogens is 350 g/mol. The van der Waals surface area contributed by atoms with Crippen LogP contribution in [0.15, 0.2) is 54.6 Å². The molecule has 1 aliphatic heterocycles. The third-order valence-corrected chi connectivity index (χ3v) is 5.18. The second-order valence-electron chi connectivity index (χ2n) is 6.02. The van der Waals surface area contributed by atoms with Gasteiger partial charge in [-0.1, -0.05) is 36.4 Å². The van der Waals surface area contributed by atoms with Gasteiger partial charge in [0.25, 0.3) is 5.69 Å². The first-order chi connectivity index (χ1) is 12.7. The number of nitrogens with zero attached hydrogens (tertiary/aromatic N) is 5. The lowest BCUT2D eigenvalue weighted by Gasteiger charge is -2.35. The molecule has 0 aliphatic carbocycles. The average molecular weight is 367 g/mol. The van der Waals surface area contributed by atoms with E-state index in [1.165, 1.54) is 17.6 Å². The predicted octanol–water partition coefficient (Wildman–Crippen LogP) is 3.44. The van der Waals surface area contributed by atoms with Crippen molar-refractivity contribution in [1.82, 2.24) is 9.36 Å². The molecule has 1 saturated heterocycles. The summed E-state index contributed by atoms with van der Waals surface area (Å²) in [6.45, 7) is 3.21. The molecule has 2 aromatic carbocycles. The fourth-order valence-corrected chi connectivity index (χ4v) is 3.75. The highest BCUT2D eigenvalue weighted by atomic mass is 32.1. The minimum atomic E-state index is -0.355. The lowest BCUT2D eigenvalue weighted by Crippen LogP contribution is -2.46. The van der Waals surface area contributed by atoms with Gasteiger partial charge in [-0.3, -0.25) is 10.1 Å². The number of non-ortho nitro benzene ring substituents is 1. The van der Waals surface area contributed by atoms with Crippen LogP contribution < -0.4 is 9.80 Å². The van der Waals surface area contributed by atoms with Crippen LogP contribution in [0, 0.1) is 10.1 Å². The van der Waals surface area contributed by atoms with Crippen molar-refractivity contribution in [1.29, 1.82) is 0 Å². The summed E-state index contributed by atoms with van der Waals surface area (Å²) >= 11 is 1.41. The zero-order valence-corrected chi connectivity index (χ0v) is 14.8. The Hall–Kier alpha value is -3.00. The van der Waals surface area contributed by atoms with E-state index in [0.29, 0.717) is 0 Å². The summed E-state index contributed by atoms with van der Waals surface area (Å²) in [6.07, 6.45) is 0. The molecule has 1 aliphatic rings. The number of hydrogen-bond donors (Lipinski definition) is 0. The predicted molar refractivity (Wildman–Crippen MR) is 103 cm³/mol. The second-order valence-corrected chi connectivity index (χ2v) is 6.75. The lowest BCUT2D eigenvalue weighted by atomic mass is 10.2. The van der Waals surface area contributed by atoms with Gasteiger partial charge in [-0.25, -0.2) is 0 Å². The van der Waals surface area contributed by atoms with Crippen LogP contribution in [-0.2, 0) is 0 Å². The smallest absolute Gasteiger partial charge is 0.271 e. The molecule has 1 fully saturated rings. The topological polar surface area (TPSA) is 75.4 Å². The van der Waals surface area contributed by atoms with Crippen LogP contribution in [0.3, 0.4) is 0 Å². The van der Waals surface area contributed by atoms with Crippen molar-refractivity contribution >= 4 is 28.0 Å². The molecule has 0 spiro atoms. The summed E-state index contributed by atoms with van der Waals surface area (Å²) in [5, 5.41) is 11.9. The van der Waals surface area contributed by atoms with E-state index in [0.717, 1.165) is 48.4 Å². The first kappa shape index (κ1) is 16.5. The first-order valence-electron chi connectivity index (χ1n) is 8.34. The number of nitro benzene ring substituents is 1. The van der Waals surface area contributed by atoms with E-state index in [4.69, 9.17) is 0 Å². The molecule has 0 radical (unpaired) electrons. The summed E-state index contributed by atoms with van der Waals surface area (Å²) in [6, 6.07) is 16.8. The Bertz CT molecular complexity index is 907. The van der Waals surface area contributed by atoms with E-state index < -0.39 is 0 Å². The van der Waals surface area contributed by atoms with E-state index in [-0.39, 0.29) is 10.6 Å². The minimum absolute atomic E-state index is 0.126. The van der Waals surface area contributed by atoms with Crippen molar-refractivity contribution in [3.63, 3.8) is 0 Å². The number of piperazine rings is 1. The van der Waals surface area contributed by atoms with Crippen LogP contribution in [0.1, 0.15) is 0 Å². The molecule has 0 amide bonds. The molecule has 1 aromatic heterocycles. The molecule has 132 valence electrons. The SMILES string of the molecule is O=[N+]([O-])c1cccc(N2CCN(c3nc(-c4ccccc4)ns3)CC2)c1. The number of benzene rings is 2. The van der Waals surface area contributed by atoms with Gasteiger partial charge >= 0.3 is 0 Å². The quantitative estimate of drug-likeness (QED) is 0.519. The monoisotopic (exact) mass is 367 g/mol. The molecule has 8 heteroatoms. The normalized spacial score (nSPS) is 14.5. The highest BCUT2D eigenvalue weighted by molar-refractivity contribution is 7.09. The van der Waals surface area contributed by atoms with E-state index >= 15 is 0 Å². The molecule has 0 bridgehead atoms. The Balaban J connectivity index is 1.43. The highest BCUT2D eigenvalue weighted by Gasteiger charge is 2.21. The van der Waals surface area contributed by atoms with Crippen LogP contribution in [0.5, 0.6) is 0 Å². The maximum Gasteiger partial charge on any atom is 0.271 e. The van der Waals surface area contributed by atoms with Gasteiger partial charge in [0.05, 0.1) is 4.92 Å². The highest BCUT2D eigenvalue weighted by Crippen LogP contribution is 2.27. The average Bonchev–Trinajstić information content (AvgIpc) is 3.19. The van der Waals surface area contributed by atoms with Crippen molar-refractivity contribution < 1.29 is 4.92 Å². The number of hydrogen-bond acceptors (Lipinski definition) is 7. The van der Waals surface area contributed by atoms with Gasteiger partial charge in [0.1, 0.15) is 0 Å². The van der Waals surface area contributed by atoms with Crippen molar-refractivity contribution in [2.24, 2.45) is 0 Å². The van der Waals surface area contributed by atoms with Crippen LogP contribution in [0.2, 0.25) is 0 Å². The molecule has 0 saturated carbocycles. The number of rotatable bonds is 4. The van der Waals surface area contributed by atoms with E-state index in [1.807, 2.05) is 36.4 Å². The van der Waals surface area contributed by atoms with E-state index in [9.17, 15) is 10.1 Å². The van der Waals surface area contributed by atoms with Crippen LogP contribution >= 0.6 is 11.5 Å². The molecule has 7 nitrogen and oxygen atoms in total. The Morgan fingerprint density at radius 3 is 2.42 bits per heavy atom. The van der Waals surface area contributed by atoms with Gasteiger partial charge in [0, 0.05) is 61.1 Å². The first-order valence-corrected chi connectivity index (χ1v) is 9.11. The maximum absolute atomic E-state index is 11.0. The van der Waals surface area contributed by atoms with Gasteiger partial charge in [-0.15, -0.1) is 0 Å². The summed E-state index contributed by atoms with van der Waals surface area (Å²) < 4.78 is 4.47. The Labute approximate surface area is 154 Å². The lowest BCUT2D eigenvalue weighted by molar-refractivity contribution is -0.384. The Morgan fingerprint density at radius 1 is 0.962 bits per heavy atom. The van der Waals surface area contributed by atoms with Gasteiger partial charge in [0.15, 0.2) is 5.82 Å². The third kappa shape index (κ3) is 3.36. The zero-order chi connectivity index (χ0) is 17.9. The molecule has 4 rings (SSSR count). The van der Waals surface area contributed by atoms with Gasteiger partial charge in [-0.05, 0) is 6.07 Å². The number of aromatic nitrogens is 2. The molecule has 26 heavy (non-hydrogen) atoms. The van der Waals surface area contributed by atoms with Crippen LogP contribution in [0.4, 0.5) is 16.5 Å². The minimum Gasteiger partial charge on any atom is -0.368 e. The molecule has 0 N–H and O–H groups in total. The van der Waals surface area contributed by atoms with Gasteiger partial charge in [0.2, 0.25) is 5.13 Å². The van der Waals surface area contributed by atoms with Crippen molar-refractivity contribution in [2.75, 3.05) is 36.0 Å². The van der Waals surface area contributed by atoms with E-state index in [2.05, 4.69) is 19.2 Å². The standard InChI is InChI=1S/C18H17N5O2S/c24-23(25)16-8-4-7-15(13-16)21-9-11-22(12-10-21)18-19-17(20-26-18)14-5-2-1-3-6-14/h1-8,13H,9-12H2. The molecule has 0 unspecified atom stereocenters. The third-order valence-electron chi connectivity index (χ3n) is 4.40. The fraction of sp³-hybridized carbons (Fsp3) is 0.222. The molecular formula is C18H17N5O2S. The number of anilines is 2. The fourth-order valence-electron chi connectivity index (χ4n) is 3.01. The van der Waals surface area contributed by atoms with Crippen LogP contribution in [-0.4, -0.2) is 40.5 Å².